The number of hydrogen-bond acceptors (Lipinski definition) is 7. The average molecular weight is 351 g/mol. The first-order valence-corrected chi connectivity index (χ1v) is 8.15. The fourth-order valence-corrected chi connectivity index (χ4v) is 2.74. The van der Waals surface area contributed by atoms with Crippen LogP contribution < -0.4 is 11.1 Å². The van der Waals surface area contributed by atoms with Crippen LogP contribution in [0.4, 0.5) is 5.95 Å². The fourth-order valence-electron chi connectivity index (χ4n) is 2.74. The molecule has 26 heavy (non-hydrogen) atoms. The van der Waals surface area contributed by atoms with Crippen molar-refractivity contribution >= 4 is 28.4 Å². The minimum atomic E-state index is -0.559. The van der Waals surface area contributed by atoms with Gasteiger partial charge in [0.2, 0.25) is 17.7 Å². The molecule has 3 heterocycles. The van der Waals surface area contributed by atoms with Gasteiger partial charge in [-0.1, -0.05) is 24.3 Å². The molecule has 132 valence electrons. The summed E-state index contributed by atoms with van der Waals surface area (Å²) in [5.74, 6) is 0.364. The number of benzene rings is 1. The summed E-state index contributed by atoms with van der Waals surface area (Å²) in [4.78, 5) is 20.8. The number of primary amides is 1. The first kappa shape index (κ1) is 15.9. The van der Waals surface area contributed by atoms with Gasteiger partial charge in [-0.2, -0.15) is 4.52 Å². The normalized spacial score (nSPS) is 12.5. The van der Waals surface area contributed by atoms with Crippen LogP contribution in [0.25, 0.3) is 28.1 Å². The highest BCUT2D eigenvalue weighted by Gasteiger charge is 2.19. The number of carbonyl (C=O) groups is 1. The fraction of sp³-hybridized carbons (Fsp3) is 0.250. The highest BCUT2D eigenvalue weighted by Crippen LogP contribution is 2.23. The summed E-state index contributed by atoms with van der Waals surface area (Å²) < 4.78 is 3.15. The van der Waals surface area contributed by atoms with Gasteiger partial charge >= 0.3 is 0 Å². The number of rotatable bonds is 5. The van der Waals surface area contributed by atoms with Crippen molar-refractivity contribution in [3.05, 3.63) is 30.5 Å². The lowest BCUT2D eigenvalue weighted by Crippen LogP contribution is -2.35. The summed E-state index contributed by atoms with van der Waals surface area (Å²) in [7, 11) is 1.77. The van der Waals surface area contributed by atoms with Crippen LogP contribution in [0.2, 0.25) is 0 Å². The second kappa shape index (κ2) is 6.06. The van der Waals surface area contributed by atoms with Gasteiger partial charge in [0.1, 0.15) is 6.04 Å². The van der Waals surface area contributed by atoms with E-state index in [1.807, 2.05) is 31.2 Å². The number of carbonyl (C=O) groups excluding carboxylic acids is 1. The second-order valence-electron chi connectivity index (χ2n) is 5.91. The summed E-state index contributed by atoms with van der Waals surface area (Å²) >= 11 is 0. The quantitative estimate of drug-likeness (QED) is 0.543. The van der Waals surface area contributed by atoms with Gasteiger partial charge in [0.15, 0.2) is 11.3 Å². The maximum atomic E-state index is 11.6. The largest absolute Gasteiger partial charge is 0.368 e. The van der Waals surface area contributed by atoms with Crippen molar-refractivity contribution in [1.29, 1.82) is 0 Å². The number of amides is 1. The molecule has 10 nitrogen and oxygen atoms in total. The van der Waals surface area contributed by atoms with Crippen LogP contribution in [0.15, 0.2) is 30.5 Å². The maximum Gasteiger partial charge on any atom is 0.239 e. The Hall–Kier alpha value is -3.56. The zero-order valence-corrected chi connectivity index (χ0v) is 14.3. The lowest BCUT2D eigenvalue weighted by molar-refractivity contribution is -0.118. The summed E-state index contributed by atoms with van der Waals surface area (Å²) in [6.07, 6.45) is 2.26. The zero-order valence-electron chi connectivity index (χ0n) is 14.3. The topological polar surface area (TPSA) is 129 Å². The Bertz CT molecular complexity index is 1110. The van der Waals surface area contributed by atoms with Crippen LogP contribution in [0, 0.1) is 0 Å². The molecule has 4 rings (SSSR count). The van der Waals surface area contributed by atoms with Gasteiger partial charge in [-0.05, 0) is 18.6 Å². The van der Waals surface area contributed by atoms with Crippen LogP contribution in [-0.4, -0.2) is 46.5 Å². The number of aryl methyl sites for hydroxylation is 1. The van der Waals surface area contributed by atoms with Crippen molar-refractivity contribution < 1.29 is 4.79 Å². The Balaban J connectivity index is 1.94. The van der Waals surface area contributed by atoms with Crippen molar-refractivity contribution in [2.75, 3.05) is 5.32 Å². The average Bonchev–Trinajstić information content (AvgIpc) is 3.25. The molecule has 0 saturated carbocycles. The zero-order chi connectivity index (χ0) is 18.3. The molecule has 0 aliphatic heterocycles. The third-order valence-corrected chi connectivity index (χ3v) is 4.07. The van der Waals surface area contributed by atoms with Crippen LogP contribution in [-0.2, 0) is 11.8 Å². The van der Waals surface area contributed by atoms with E-state index < -0.39 is 11.9 Å². The van der Waals surface area contributed by atoms with Gasteiger partial charge in [0.05, 0.1) is 11.7 Å². The van der Waals surface area contributed by atoms with Gasteiger partial charge in [0.25, 0.3) is 0 Å². The molecule has 0 spiro atoms. The van der Waals surface area contributed by atoms with E-state index in [1.165, 1.54) is 0 Å². The van der Waals surface area contributed by atoms with Gasteiger partial charge in [-0.15, -0.1) is 10.2 Å². The predicted octanol–water partition coefficient (Wildman–Crippen LogP) is 0.749. The van der Waals surface area contributed by atoms with Crippen molar-refractivity contribution in [2.45, 2.75) is 19.4 Å². The molecule has 0 saturated heterocycles. The van der Waals surface area contributed by atoms with Crippen molar-refractivity contribution in [1.82, 2.24) is 34.6 Å². The van der Waals surface area contributed by atoms with Crippen molar-refractivity contribution in [3.63, 3.8) is 0 Å². The molecule has 0 fully saturated rings. The lowest BCUT2D eigenvalue weighted by Gasteiger charge is -2.15. The summed E-state index contributed by atoms with van der Waals surface area (Å²) in [6, 6.07) is 7.04. The SMILES string of the molecule is CCC(Nc1nc2ccccc2c2nc(-c3cn(C)nn3)nn12)C(N)=O. The molecule has 10 heteroatoms. The van der Waals surface area contributed by atoms with Crippen LogP contribution >= 0.6 is 0 Å². The molecule has 0 radical (unpaired) electrons. The minimum Gasteiger partial charge on any atom is -0.368 e. The van der Waals surface area contributed by atoms with E-state index in [9.17, 15) is 4.79 Å². The Morgan fingerprint density at radius 3 is 2.81 bits per heavy atom. The van der Waals surface area contributed by atoms with E-state index in [0.717, 1.165) is 10.9 Å². The van der Waals surface area contributed by atoms with Gasteiger partial charge in [0, 0.05) is 12.4 Å². The Labute approximate surface area is 148 Å². The van der Waals surface area contributed by atoms with E-state index >= 15 is 0 Å². The summed E-state index contributed by atoms with van der Waals surface area (Å²) in [5, 5.41) is 16.4. The number of nitrogens with one attached hydrogen (secondary N) is 1. The summed E-state index contributed by atoms with van der Waals surface area (Å²) in [5.41, 5.74) is 7.35. The molecule has 1 atom stereocenters. The molecule has 3 aromatic heterocycles. The predicted molar refractivity (Wildman–Crippen MR) is 95.2 cm³/mol. The highest BCUT2D eigenvalue weighted by molar-refractivity contribution is 5.93. The number of para-hydroxylation sites is 1. The first-order valence-electron chi connectivity index (χ1n) is 8.15. The molecule has 0 bridgehead atoms. The van der Waals surface area contributed by atoms with E-state index in [2.05, 4.69) is 30.7 Å². The van der Waals surface area contributed by atoms with Crippen LogP contribution in [0.5, 0.6) is 0 Å². The number of nitrogens with zero attached hydrogens (tertiary/aromatic N) is 7. The van der Waals surface area contributed by atoms with E-state index in [-0.39, 0.29) is 0 Å². The van der Waals surface area contributed by atoms with Crippen molar-refractivity contribution in [3.8, 4) is 11.5 Å². The summed E-state index contributed by atoms with van der Waals surface area (Å²) in [6.45, 7) is 1.87. The Kier molecular flexibility index (Phi) is 3.72. The standard InChI is InChI=1S/C16H17N9O/c1-3-10(13(17)26)18-16-19-11-7-5-4-6-9(11)15-20-14(22-25(15)16)12-8-24(2)23-21-12/h4-8,10H,3H2,1-2H3,(H2,17,26)(H,18,19). The third kappa shape index (κ3) is 2.61. The van der Waals surface area contributed by atoms with Crippen LogP contribution in [0.3, 0.4) is 0 Å². The van der Waals surface area contributed by atoms with Crippen molar-refractivity contribution in [2.24, 2.45) is 12.8 Å². The number of nitrogens with two attached hydrogens (primary N) is 1. The van der Waals surface area contributed by atoms with E-state index in [1.54, 1.807) is 22.4 Å². The first-order chi connectivity index (χ1) is 12.6. The number of hydrogen-bond donors (Lipinski definition) is 2. The molecular weight excluding hydrogens is 334 g/mol. The molecule has 4 aromatic rings. The van der Waals surface area contributed by atoms with E-state index in [4.69, 9.17) is 5.73 Å². The van der Waals surface area contributed by atoms with Gasteiger partial charge in [-0.25, -0.2) is 9.97 Å². The Morgan fingerprint density at radius 2 is 2.12 bits per heavy atom. The molecular formula is C16H17N9O. The number of aromatic nitrogens is 7. The maximum absolute atomic E-state index is 11.6. The third-order valence-electron chi connectivity index (χ3n) is 4.07. The molecule has 0 aliphatic carbocycles. The molecule has 1 amide bonds. The molecule has 3 N–H and O–H groups in total. The van der Waals surface area contributed by atoms with E-state index in [0.29, 0.717) is 29.5 Å². The molecule has 1 unspecified atom stereocenters. The smallest absolute Gasteiger partial charge is 0.239 e. The molecule has 0 aliphatic rings. The number of anilines is 1. The minimum absolute atomic E-state index is 0.395. The lowest BCUT2D eigenvalue weighted by atomic mass is 10.2. The highest BCUT2D eigenvalue weighted by atomic mass is 16.1. The van der Waals surface area contributed by atoms with Gasteiger partial charge in [-0.3, -0.25) is 9.48 Å². The van der Waals surface area contributed by atoms with Crippen LogP contribution in [0.1, 0.15) is 13.3 Å². The molecule has 1 aromatic carbocycles. The number of fused-ring (bicyclic) bond motifs is 3. The Morgan fingerprint density at radius 1 is 1.31 bits per heavy atom. The van der Waals surface area contributed by atoms with Gasteiger partial charge < -0.3 is 11.1 Å². The second-order valence-corrected chi connectivity index (χ2v) is 5.91. The monoisotopic (exact) mass is 351 g/mol.